The Morgan fingerprint density at radius 2 is 1.91 bits per heavy atom. The zero-order valence-electron chi connectivity index (χ0n) is 13.4. The standard InChI is InChI=1S/C18H26N4/c1-17(9-14-22-13-5-10-19-22)20-11-6-12-21(16-15-20)18-7-3-2-4-8-18/h2-5,7-8,10,13,17H,6,9,11-12,14-16H2,1H3/t17-/m0/s1. The second kappa shape index (κ2) is 7.45. The van der Waals surface area contributed by atoms with Crippen LogP contribution in [0.4, 0.5) is 5.69 Å². The Hall–Kier alpha value is -1.81. The summed E-state index contributed by atoms with van der Waals surface area (Å²) in [5, 5.41) is 4.29. The molecule has 1 saturated heterocycles. The van der Waals surface area contributed by atoms with Gasteiger partial charge in [0.15, 0.2) is 0 Å². The van der Waals surface area contributed by atoms with Crippen LogP contribution in [0, 0.1) is 0 Å². The Bertz CT molecular complexity index is 537. The van der Waals surface area contributed by atoms with Crippen molar-refractivity contribution in [1.82, 2.24) is 14.7 Å². The molecule has 0 spiro atoms. The fourth-order valence-electron chi connectivity index (χ4n) is 3.21. The van der Waals surface area contributed by atoms with Crippen molar-refractivity contribution in [3.63, 3.8) is 0 Å². The fourth-order valence-corrected chi connectivity index (χ4v) is 3.21. The van der Waals surface area contributed by atoms with Crippen LogP contribution in [0.3, 0.4) is 0 Å². The maximum absolute atomic E-state index is 4.29. The number of benzene rings is 1. The molecule has 4 heteroatoms. The fraction of sp³-hybridized carbons (Fsp3) is 0.500. The van der Waals surface area contributed by atoms with E-state index in [4.69, 9.17) is 0 Å². The summed E-state index contributed by atoms with van der Waals surface area (Å²) in [5.41, 5.74) is 1.36. The van der Waals surface area contributed by atoms with Crippen LogP contribution >= 0.6 is 0 Å². The van der Waals surface area contributed by atoms with E-state index in [1.165, 1.54) is 18.7 Å². The molecule has 1 aliphatic heterocycles. The maximum Gasteiger partial charge on any atom is 0.0489 e. The molecule has 22 heavy (non-hydrogen) atoms. The van der Waals surface area contributed by atoms with Gasteiger partial charge in [-0.05, 0) is 38.0 Å². The van der Waals surface area contributed by atoms with Crippen molar-refractivity contribution in [3.8, 4) is 0 Å². The number of aromatic nitrogens is 2. The van der Waals surface area contributed by atoms with Crippen molar-refractivity contribution in [2.45, 2.75) is 32.4 Å². The molecule has 2 aromatic rings. The molecular formula is C18H26N4. The zero-order valence-corrected chi connectivity index (χ0v) is 13.4. The van der Waals surface area contributed by atoms with E-state index < -0.39 is 0 Å². The van der Waals surface area contributed by atoms with Crippen LogP contribution in [-0.4, -0.2) is 46.9 Å². The van der Waals surface area contributed by atoms with Crippen molar-refractivity contribution in [3.05, 3.63) is 48.8 Å². The van der Waals surface area contributed by atoms with Crippen molar-refractivity contribution in [1.29, 1.82) is 0 Å². The molecule has 3 rings (SSSR count). The Labute approximate surface area is 133 Å². The molecule has 0 saturated carbocycles. The number of anilines is 1. The molecule has 0 bridgehead atoms. The summed E-state index contributed by atoms with van der Waals surface area (Å²) in [7, 11) is 0. The highest BCUT2D eigenvalue weighted by molar-refractivity contribution is 5.46. The molecule has 1 fully saturated rings. The highest BCUT2D eigenvalue weighted by Crippen LogP contribution is 2.17. The molecule has 0 aliphatic carbocycles. The topological polar surface area (TPSA) is 24.3 Å². The van der Waals surface area contributed by atoms with Crippen LogP contribution in [0.5, 0.6) is 0 Å². The molecular weight excluding hydrogens is 272 g/mol. The summed E-state index contributed by atoms with van der Waals surface area (Å²) >= 11 is 0. The molecule has 2 heterocycles. The van der Waals surface area contributed by atoms with E-state index in [0.29, 0.717) is 6.04 Å². The van der Waals surface area contributed by atoms with Crippen molar-refractivity contribution in [2.24, 2.45) is 0 Å². The van der Waals surface area contributed by atoms with Crippen LogP contribution in [0.1, 0.15) is 19.8 Å². The van der Waals surface area contributed by atoms with Gasteiger partial charge in [-0.3, -0.25) is 9.58 Å². The van der Waals surface area contributed by atoms with E-state index in [0.717, 1.165) is 32.6 Å². The first kappa shape index (κ1) is 15.1. The van der Waals surface area contributed by atoms with Gasteiger partial charge in [0.25, 0.3) is 0 Å². The Morgan fingerprint density at radius 3 is 2.68 bits per heavy atom. The number of rotatable bonds is 5. The summed E-state index contributed by atoms with van der Waals surface area (Å²) in [6, 6.07) is 13.4. The second-order valence-electron chi connectivity index (χ2n) is 6.12. The van der Waals surface area contributed by atoms with Gasteiger partial charge >= 0.3 is 0 Å². The molecule has 0 unspecified atom stereocenters. The third-order valence-electron chi connectivity index (χ3n) is 4.61. The average Bonchev–Trinajstić information content (AvgIpc) is 2.96. The van der Waals surface area contributed by atoms with E-state index in [2.05, 4.69) is 52.2 Å². The van der Waals surface area contributed by atoms with Crippen LogP contribution in [0.2, 0.25) is 0 Å². The molecule has 1 aliphatic rings. The van der Waals surface area contributed by atoms with Crippen LogP contribution in [0.25, 0.3) is 0 Å². The molecule has 118 valence electrons. The van der Waals surface area contributed by atoms with Crippen molar-refractivity contribution < 1.29 is 0 Å². The SMILES string of the molecule is C[C@@H](CCn1cccn1)N1CCCN(c2ccccc2)CC1. The first-order chi connectivity index (χ1) is 10.8. The van der Waals surface area contributed by atoms with Gasteiger partial charge in [-0.15, -0.1) is 0 Å². The molecule has 0 radical (unpaired) electrons. The van der Waals surface area contributed by atoms with Gasteiger partial charge in [-0.25, -0.2) is 0 Å². The third-order valence-corrected chi connectivity index (χ3v) is 4.61. The molecule has 0 N–H and O–H groups in total. The minimum atomic E-state index is 0.611. The van der Waals surface area contributed by atoms with E-state index in [1.807, 2.05) is 23.1 Å². The quantitative estimate of drug-likeness (QED) is 0.848. The smallest absolute Gasteiger partial charge is 0.0489 e. The monoisotopic (exact) mass is 298 g/mol. The lowest BCUT2D eigenvalue weighted by Crippen LogP contribution is -2.37. The normalized spacial score (nSPS) is 18.1. The predicted molar refractivity (Wildman–Crippen MR) is 91.2 cm³/mol. The lowest BCUT2D eigenvalue weighted by Gasteiger charge is -2.28. The number of para-hydroxylation sites is 1. The van der Waals surface area contributed by atoms with Gasteiger partial charge in [0.2, 0.25) is 0 Å². The number of aryl methyl sites for hydroxylation is 1. The minimum Gasteiger partial charge on any atom is -0.370 e. The number of nitrogens with zero attached hydrogens (tertiary/aromatic N) is 4. The van der Waals surface area contributed by atoms with E-state index >= 15 is 0 Å². The van der Waals surface area contributed by atoms with Crippen LogP contribution in [0.15, 0.2) is 48.8 Å². The van der Waals surface area contributed by atoms with Gasteiger partial charge in [0, 0.05) is 56.8 Å². The van der Waals surface area contributed by atoms with Gasteiger partial charge in [-0.1, -0.05) is 18.2 Å². The summed E-state index contributed by atoms with van der Waals surface area (Å²) in [5.74, 6) is 0. The maximum atomic E-state index is 4.29. The van der Waals surface area contributed by atoms with E-state index in [1.54, 1.807) is 0 Å². The molecule has 1 aromatic carbocycles. The summed E-state index contributed by atoms with van der Waals surface area (Å²) < 4.78 is 2.03. The minimum absolute atomic E-state index is 0.611. The summed E-state index contributed by atoms with van der Waals surface area (Å²) in [4.78, 5) is 5.15. The van der Waals surface area contributed by atoms with Crippen molar-refractivity contribution >= 4 is 5.69 Å². The van der Waals surface area contributed by atoms with Gasteiger partial charge in [-0.2, -0.15) is 5.10 Å². The lowest BCUT2D eigenvalue weighted by molar-refractivity contribution is 0.206. The average molecular weight is 298 g/mol. The predicted octanol–water partition coefficient (Wildman–Crippen LogP) is 2.87. The van der Waals surface area contributed by atoms with Crippen molar-refractivity contribution in [2.75, 3.05) is 31.1 Å². The largest absolute Gasteiger partial charge is 0.370 e. The molecule has 4 nitrogen and oxygen atoms in total. The van der Waals surface area contributed by atoms with Crippen LogP contribution in [-0.2, 0) is 6.54 Å². The third kappa shape index (κ3) is 3.89. The molecule has 0 amide bonds. The van der Waals surface area contributed by atoms with E-state index in [-0.39, 0.29) is 0 Å². The first-order valence-corrected chi connectivity index (χ1v) is 8.34. The highest BCUT2D eigenvalue weighted by atomic mass is 15.3. The summed E-state index contributed by atoms with van der Waals surface area (Å²) in [6.45, 7) is 7.98. The van der Waals surface area contributed by atoms with E-state index in [9.17, 15) is 0 Å². The first-order valence-electron chi connectivity index (χ1n) is 8.34. The lowest BCUT2D eigenvalue weighted by atomic mass is 10.2. The number of hydrogen-bond donors (Lipinski definition) is 0. The summed E-state index contributed by atoms with van der Waals surface area (Å²) in [6.07, 6.45) is 6.30. The molecule has 1 atom stereocenters. The second-order valence-corrected chi connectivity index (χ2v) is 6.12. The highest BCUT2D eigenvalue weighted by Gasteiger charge is 2.19. The van der Waals surface area contributed by atoms with Crippen LogP contribution < -0.4 is 4.90 Å². The Morgan fingerprint density at radius 1 is 1.05 bits per heavy atom. The molecule has 1 aromatic heterocycles. The van der Waals surface area contributed by atoms with Gasteiger partial charge < -0.3 is 4.90 Å². The van der Waals surface area contributed by atoms with Gasteiger partial charge in [0.05, 0.1) is 0 Å². The Kier molecular flexibility index (Phi) is 5.11. The number of hydrogen-bond acceptors (Lipinski definition) is 3. The zero-order chi connectivity index (χ0) is 15.2. The Balaban J connectivity index is 1.51. The van der Waals surface area contributed by atoms with Gasteiger partial charge in [0.1, 0.15) is 0 Å².